The number of alkyl halides is 3. The Morgan fingerprint density at radius 1 is 1.09 bits per heavy atom. The van der Waals surface area contributed by atoms with Crippen LogP contribution in [0.3, 0.4) is 0 Å². The maximum absolute atomic E-state index is 14.4. The molecular weight excluding hydrogens is 423 g/mol. The Morgan fingerprint density at radius 3 is 2.59 bits per heavy atom. The second-order valence-corrected chi connectivity index (χ2v) is 7.46. The fourth-order valence-electron chi connectivity index (χ4n) is 3.99. The summed E-state index contributed by atoms with van der Waals surface area (Å²) in [5.41, 5.74) is -3.05. The van der Waals surface area contributed by atoms with Crippen molar-refractivity contribution < 1.29 is 23.1 Å². The number of rotatable bonds is 2. The summed E-state index contributed by atoms with van der Waals surface area (Å²) in [7, 11) is 1.62. The molecule has 2 aromatic carbocycles. The Morgan fingerprint density at radius 2 is 1.88 bits per heavy atom. The molecule has 0 aliphatic carbocycles. The van der Waals surface area contributed by atoms with Crippen molar-refractivity contribution in [1.82, 2.24) is 23.9 Å². The zero-order chi connectivity index (χ0) is 22.7. The van der Waals surface area contributed by atoms with Gasteiger partial charge in [-0.1, -0.05) is 24.3 Å². The third-order valence-corrected chi connectivity index (χ3v) is 5.59. The third-order valence-electron chi connectivity index (χ3n) is 5.59. The normalized spacial score (nSPS) is 14.2. The predicted octanol–water partition coefficient (Wildman–Crippen LogP) is 4.04. The molecule has 3 heterocycles. The third kappa shape index (κ3) is 2.76. The van der Waals surface area contributed by atoms with Gasteiger partial charge in [-0.25, -0.2) is 9.78 Å². The number of halogens is 3. The number of hydrogen-bond donors (Lipinski definition) is 1. The van der Waals surface area contributed by atoms with Gasteiger partial charge in [0.1, 0.15) is 6.33 Å². The van der Waals surface area contributed by atoms with Crippen LogP contribution in [0.15, 0.2) is 73.6 Å². The predicted molar refractivity (Wildman–Crippen MR) is 110 cm³/mol. The van der Waals surface area contributed by atoms with Gasteiger partial charge < -0.3 is 9.67 Å². The molecule has 5 rings (SSSR count). The molecule has 1 atom stereocenters. The van der Waals surface area contributed by atoms with Crippen LogP contribution in [0.4, 0.5) is 18.0 Å². The van der Waals surface area contributed by atoms with Crippen molar-refractivity contribution in [2.75, 3.05) is 0 Å². The molecular formula is C22H16F3N5O2. The van der Waals surface area contributed by atoms with Crippen LogP contribution in [0.1, 0.15) is 11.1 Å². The summed E-state index contributed by atoms with van der Waals surface area (Å²) in [5.74, 6) is 0. The first-order chi connectivity index (χ1) is 15.2. The molecule has 10 heteroatoms. The van der Waals surface area contributed by atoms with Crippen molar-refractivity contribution >= 4 is 27.8 Å². The van der Waals surface area contributed by atoms with E-state index in [1.807, 2.05) is 0 Å². The molecule has 0 aliphatic rings. The lowest BCUT2D eigenvalue weighted by Gasteiger charge is -2.31. The molecule has 1 N–H and O–H groups in total. The SMILES string of the molecule is Cn1cc(C(O)(c2ccc3c(cnn3C(=O)n3ccnc3)c2)C(F)(F)F)c2ccccc21. The maximum Gasteiger partial charge on any atom is 0.425 e. The summed E-state index contributed by atoms with van der Waals surface area (Å²) in [6, 6.07) is 9.74. The minimum Gasteiger partial charge on any atom is -0.372 e. The van der Waals surface area contributed by atoms with Crippen LogP contribution in [0.2, 0.25) is 0 Å². The molecule has 3 aromatic heterocycles. The van der Waals surface area contributed by atoms with Crippen LogP contribution in [-0.4, -0.2) is 41.2 Å². The number of aryl methyl sites for hydroxylation is 1. The first-order valence-electron chi connectivity index (χ1n) is 9.56. The Kier molecular flexibility index (Phi) is 4.25. The van der Waals surface area contributed by atoms with Crippen LogP contribution in [0.5, 0.6) is 0 Å². The van der Waals surface area contributed by atoms with Crippen molar-refractivity contribution in [3.63, 3.8) is 0 Å². The van der Waals surface area contributed by atoms with Crippen LogP contribution in [-0.2, 0) is 12.6 Å². The summed E-state index contributed by atoms with van der Waals surface area (Å²) in [5, 5.41) is 15.8. The molecule has 0 aliphatic heterocycles. The highest BCUT2D eigenvalue weighted by Gasteiger charge is 2.57. The van der Waals surface area contributed by atoms with Crippen LogP contribution in [0.25, 0.3) is 21.8 Å². The second kappa shape index (κ2) is 6.79. The Bertz CT molecular complexity index is 1470. The van der Waals surface area contributed by atoms with E-state index in [2.05, 4.69) is 10.1 Å². The highest BCUT2D eigenvalue weighted by Crippen LogP contribution is 2.47. The molecule has 0 spiro atoms. The van der Waals surface area contributed by atoms with E-state index in [9.17, 15) is 23.1 Å². The van der Waals surface area contributed by atoms with E-state index in [1.165, 1.54) is 47.8 Å². The van der Waals surface area contributed by atoms with Crippen molar-refractivity contribution in [3.05, 3.63) is 84.7 Å². The molecule has 32 heavy (non-hydrogen) atoms. The number of hydrogen-bond acceptors (Lipinski definition) is 4. The number of nitrogens with zero attached hydrogens (tertiary/aromatic N) is 5. The monoisotopic (exact) mass is 439 g/mol. The molecule has 0 amide bonds. The van der Waals surface area contributed by atoms with E-state index in [4.69, 9.17) is 0 Å². The van der Waals surface area contributed by atoms with Gasteiger partial charge in [-0.05, 0) is 23.8 Å². The van der Waals surface area contributed by atoms with Gasteiger partial charge in [0.05, 0.1) is 11.7 Å². The number of fused-ring (bicyclic) bond motifs is 2. The Labute approximate surface area is 178 Å². The highest BCUT2D eigenvalue weighted by atomic mass is 19.4. The van der Waals surface area contributed by atoms with Crippen molar-refractivity contribution in [2.24, 2.45) is 7.05 Å². The van der Waals surface area contributed by atoms with E-state index >= 15 is 0 Å². The van der Waals surface area contributed by atoms with Gasteiger partial charge in [-0.3, -0.25) is 4.57 Å². The molecule has 0 radical (unpaired) electrons. The quantitative estimate of drug-likeness (QED) is 0.450. The molecule has 7 nitrogen and oxygen atoms in total. The zero-order valence-electron chi connectivity index (χ0n) is 16.7. The number of aromatic nitrogens is 5. The van der Waals surface area contributed by atoms with Crippen molar-refractivity contribution in [3.8, 4) is 0 Å². The van der Waals surface area contributed by atoms with Crippen LogP contribution >= 0.6 is 0 Å². The lowest BCUT2D eigenvalue weighted by molar-refractivity contribution is -0.247. The molecule has 0 saturated heterocycles. The highest BCUT2D eigenvalue weighted by molar-refractivity contribution is 5.91. The second-order valence-electron chi connectivity index (χ2n) is 7.46. The average Bonchev–Trinajstić information content (AvgIpc) is 3.51. The largest absolute Gasteiger partial charge is 0.425 e. The zero-order valence-corrected chi connectivity index (χ0v) is 16.7. The molecule has 162 valence electrons. The Hall–Kier alpha value is -3.92. The summed E-state index contributed by atoms with van der Waals surface area (Å²) < 4.78 is 47.0. The fourth-order valence-corrected chi connectivity index (χ4v) is 3.99. The van der Waals surface area contributed by atoms with Gasteiger partial charge in [0.25, 0.3) is 0 Å². The fraction of sp³-hybridized carbons (Fsp3) is 0.136. The lowest BCUT2D eigenvalue weighted by atomic mass is 9.85. The number of carbonyl (C=O) groups is 1. The topological polar surface area (TPSA) is 77.9 Å². The minimum atomic E-state index is -5.01. The first-order valence-corrected chi connectivity index (χ1v) is 9.56. The van der Waals surface area contributed by atoms with Gasteiger partial charge in [-0.15, -0.1) is 0 Å². The number of benzene rings is 2. The number of aliphatic hydroxyl groups is 1. The van der Waals surface area contributed by atoms with Gasteiger partial charge in [-0.2, -0.15) is 23.0 Å². The van der Waals surface area contributed by atoms with Gasteiger partial charge in [0.2, 0.25) is 5.60 Å². The summed E-state index contributed by atoms with van der Waals surface area (Å²) in [6.45, 7) is 0. The van der Waals surface area contributed by atoms with Gasteiger partial charge in [0, 0.05) is 47.5 Å². The van der Waals surface area contributed by atoms with Gasteiger partial charge in [0.15, 0.2) is 0 Å². The smallest absolute Gasteiger partial charge is 0.372 e. The van der Waals surface area contributed by atoms with Crippen LogP contribution < -0.4 is 0 Å². The first kappa shape index (κ1) is 20.0. The summed E-state index contributed by atoms with van der Waals surface area (Å²) >= 11 is 0. The van der Waals surface area contributed by atoms with Crippen LogP contribution in [0, 0.1) is 0 Å². The van der Waals surface area contributed by atoms with E-state index in [0.29, 0.717) is 16.4 Å². The van der Waals surface area contributed by atoms with E-state index < -0.39 is 17.8 Å². The number of para-hydroxylation sites is 1. The molecule has 1 unspecified atom stereocenters. The molecule has 0 bridgehead atoms. The average molecular weight is 439 g/mol. The Balaban J connectivity index is 1.69. The van der Waals surface area contributed by atoms with Gasteiger partial charge >= 0.3 is 12.2 Å². The standard InChI is InChI=1S/C22H16F3N5O2/c1-28-12-17(16-4-2-3-5-19(16)28)21(32,22(23,24)25)15-6-7-18-14(10-15)11-27-30(18)20(31)29-9-8-26-13-29/h2-13,32H,1H3. The molecule has 0 fully saturated rings. The minimum absolute atomic E-state index is 0.274. The van der Waals surface area contributed by atoms with E-state index in [1.54, 1.807) is 35.9 Å². The number of imidazole rings is 1. The van der Waals surface area contributed by atoms with Crippen molar-refractivity contribution in [2.45, 2.75) is 11.8 Å². The summed E-state index contributed by atoms with van der Waals surface area (Å²) in [6.07, 6.45) is 1.73. The van der Waals surface area contributed by atoms with Crippen molar-refractivity contribution in [1.29, 1.82) is 0 Å². The molecule has 0 saturated carbocycles. The maximum atomic E-state index is 14.4. The van der Waals surface area contributed by atoms with E-state index in [-0.39, 0.29) is 16.5 Å². The molecule has 5 aromatic rings. The number of carbonyl (C=O) groups excluding carboxylic acids is 1. The summed E-state index contributed by atoms with van der Waals surface area (Å²) in [4.78, 5) is 16.4. The lowest BCUT2D eigenvalue weighted by Crippen LogP contribution is -2.43. The van der Waals surface area contributed by atoms with E-state index in [0.717, 1.165) is 10.7 Å².